The normalized spacial score (nSPS) is 13.6. The van der Waals surface area contributed by atoms with Crippen molar-refractivity contribution in [2.45, 2.75) is 46.4 Å². The van der Waals surface area contributed by atoms with E-state index in [4.69, 9.17) is 0 Å². The average molecular weight is 370 g/mol. The van der Waals surface area contributed by atoms with Gasteiger partial charge in [0.1, 0.15) is 12.2 Å². The molecule has 1 aliphatic heterocycles. The van der Waals surface area contributed by atoms with Crippen LogP contribution >= 0.6 is 0 Å². The maximum absolute atomic E-state index is 12.4. The molecule has 2 aromatic rings. The molecule has 27 heavy (non-hydrogen) atoms. The first kappa shape index (κ1) is 18.9. The fourth-order valence-electron chi connectivity index (χ4n) is 2.95. The molecule has 144 valence electrons. The van der Waals surface area contributed by atoms with Crippen LogP contribution in [0.2, 0.25) is 0 Å². The van der Waals surface area contributed by atoms with Crippen LogP contribution < -0.4 is 10.6 Å². The van der Waals surface area contributed by atoms with Gasteiger partial charge in [-0.05, 0) is 17.9 Å². The van der Waals surface area contributed by atoms with Crippen LogP contribution in [-0.4, -0.2) is 38.4 Å². The molecule has 1 aromatic heterocycles. The molecule has 2 N–H and O–H groups in total. The second kappa shape index (κ2) is 8.66. The van der Waals surface area contributed by atoms with Gasteiger partial charge >= 0.3 is 6.03 Å². The summed E-state index contributed by atoms with van der Waals surface area (Å²) < 4.78 is 1.62. The van der Waals surface area contributed by atoms with Crippen LogP contribution in [0.1, 0.15) is 37.2 Å². The molecule has 0 aliphatic carbocycles. The summed E-state index contributed by atoms with van der Waals surface area (Å²) >= 11 is 0. The molecule has 0 fully saturated rings. The number of hydrogen-bond donors (Lipinski definition) is 2. The fourth-order valence-corrected chi connectivity index (χ4v) is 2.95. The van der Waals surface area contributed by atoms with Gasteiger partial charge in [0, 0.05) is 13.1 Å². The summed E-state index contributed by atoms with van der Waals surface area (Å²) in [5.74, 6) is 0.560. The van der Waals surface area contributed by atoms with Crippen molar-refractivity contribution in [1.29, 1.82) is 0 Å². The van der Waals surface area contributed by atoms with Crippen molar-refractivity contribution in [1.82, 2.24) is 30.5 Å². The number of rotatable bonds is 7. The van der Waals surface area contributed by atoms with Crippen LogP contribution in [0, 0.1) is 5.92 Å². The van der Waals surface area contributed by atoms with E-state index in [1.165, 1.54) is 0 Å². The number of nitrogens with zero attached hydrogens (tertiary/aromatic N) is 4. The van der Waals surface area contributed by atoms with E-state index >= 15 is 0 Å². The van der Waals surface area contributed by atoms with Gasteiger partial charge in [0.15, 0.2) is 0 Å². The number of benzene rings is 1. The van der Waals surface area contributed by atoms with Gasteiger partial charge in [0.05, 0.1) is 18.8 Å². The number of aromatic nitrogens is 3. The number of fused-ring (bicyclic) bond motifs is 1. The van der Waals surface area contributed by atoms with E-state index in [0.717, 1.165) is 17.7 Å². The predicted molar refractivity (Wildman–Crippen MR) is 100 cm³/mol. The first-order chi connectivity index (χ1) is 13.0. The van der Waals surface area contributed by atoms with E-state index in [1.54, 1.807) is 9.58 Å². The van der Waals surface area contributed by atoms with Gasteiger partial charge in [0.25, 0.3) is 0 Å². The quantitative estimate of drug-likeness (QED) is 0.775. The molecule has 2 heterocycles. The van der Waals surface area contributed by atoms with Crippen LogP contribution in [0.25, 0.3) is 0 Å². The Morgan fingerprint density at radius 3 is 2.70 bits per heavy atom. The summed E-state index contributed by atoms with van der Waals surface area (Å²) in [6.45, 7) is 6.32. The standard InChI is InChI=1S/C19H26N6O2/c1-14(2)8-9-20-19(27)21-10-16-17-12-24(11-15-6-4-3-5-7-15)18(26)13-25(17)23-22-16/h3-7,14H,8-13H2,1-2H3,(H2,20,21,27). The van der Waals surface area contributed by atoms with Crippen LogP contribution in [0.15, 0.2) is 30.3 Å². The number of urea groups is 1. The number of carbonyl (C=O) groups is 2. The lowest BCUT2D eigenvalue weighted by atomic mass is 10.1. The monoisotopic (exact) mass is 370 g/mol. The molecule has 1 aliphatic rings. The third-order valence-electron chi connectivity index (χ3n) is 4.54. The van der Waals surface area contributed by atoms with Crippen molar-refractivity contribution in [2.75, 3.05) is 6.54 Å². The van der Waals surface area contributed by atoms with Gasteiger partial charge in [-0.25, -0.2) is 9.48 Å². The number of hydrogen-bond acceptors (Lipinski definition) is 4. The molecular weight excluding hydrogens is 344 g/mol. The Morgan fingerprint density at radius 2 is 1.96 bits per heavy atom. The zero-order valence-electron chi connectivity index (χ0n) is 15.8. The molecule has 0 spiro atoms. The second-order valence-electron chi connectivity index (χ2n) is 7.17. The maximum atomic E-state index is 12.4. The van der Waals surface area contributed by atoms with Crippen molar-refractivity contribution in [2.24, 2.45) is 5.92 Å². The zero-order valence-corrected chi connectivity index (χ0v) is 15.8. The Balaban J connectivity index is 1.58. The Morgan fingerprint density at radius 1 is 1.19 bits per heavy atom. The van der Waals surface area contributed by atoms with Crippen LogP contribution in [0.4, 0.5) is 4.79 Å². The van der Waals surface area contributed by atoms with E-state index in [-0.39, 0.29) is 25.0 Å². The molecule has 3 rings (SSSR count). The highest BCUT2D eigenvalue weighted by Crippen LogP contribution is 2.18. The van der Waals surface area contributed by atoms with E-state index in [0.29, 0.717) is 31.2 Å². The minimum Gasteiger partial charge on any atom is -0.338 e. The van der Waals surface area contributed by atoms with Crippen molar-refractivity contribution in [3.63, 3.8) is 0 Å². The predicted octanol–water partition coefficient (Wildman–Crippen LogP) is 1.67. The Kier molecular flexibility index (Phi) is 6.05. The van der Waals surface area contributed by atoms with Gasteiger partial charge in [0.2, 0.25) is 5.91 Å². The summed E-state index contributed by atoms with van der Waals surface area (Å²) in [4.78, 5) is 26.1. The summed E-state index contributed by atoms with van der Waals surface area (Å²) in [5.41, 5.74) is 2.64. The van der Waals surface area contributed by atoms with Crippen molar-refractivity contribution in [3.8, 4) is 0 Å². The number of amides is 3. The van der Waals surface area contributed by atoms with Crippen LogP contribution in [-0.2, 0) is 31.0 Å². The van der Waals surface area contributed by atoms with Gasteiger partial charge < -0.3 is 15.5 Å². The fraction of sp³-hybridized carbons (Fsp3) is 0.474. The molecule has 0 saturated heterocycles. The molecular formula is C19H26N6O2. The maximum Gasteiger partial charge on any atom is 0.315 e. The largest absolute Gasteiger partial charge is 0.338 e. The van der Waals surface area contributed by atoms with Crippen molar-refractivity contribution < 1.29 is 9.59 Å². The van der Waals surface area contributed by atoms with E-state index < -0.39 is 0 Å². The van der Waals surface area contributed by atoms with Gasteiger partial charge in [-0.2, -0.15) is 0 Å². The lowest BCUT2D eigenvalue weighted by molar-refractivity contribution is -0.135. The first-order valence-electron chi connectivity index (χ1n) is 9.27. The van der Waals surface area contributed by atoms with E-state index in [1.807, 2.05) is 30.3 Å². The molecule has 0 bridgehead atoms. The third-order valence-corrected chi connectivity index (χ3v) is 4.54. The van der Waals surface area contributed by atoms with E-state index in [9.17, 15) is 9.59 Å². The Hall–Kier alpha value is -2.90. The minimum atomic E-state index is -0.217. The van der Waals surface area contributed by atoms with Gasteiger partial charge in [-0.3, -0.25) is 4.79 Å². The second-order valence-corrected chi connectivity index (χ2v) is 7.17. The van der Waals surface area contributed by atoms with E-state index in [2.05, 4.69) is 34.8 Å². The molecule has 3 amide bonds. The summed E-state index contributed by atoms with van der Waals surface area (Å²) in [5, 5.41) is 13.9. The van der Waals surface area contributed by atoms with Gasteiger partial charge in [-0.15, -0.1) is 5.10 Å². The third kappa shape index (κ3) is 5.06. The van der Waals surface area contributed by atoms with Gasteiger partial charge in [-0.1, -0.05) is 49.4 Å². The first-order valence-corrected chi connectivity index (χ1v) is 9.27. The summed E-state index contributed by atoms with van der Waals surface area (Å²) in [6.07, 6.45) is 0.936. The molecule has 0 unspecified atom stereocenters. The smallest absolute Gasteiger partial charge is 0.315 e. The lowest BCUT2D eigenvalue weighted by Crippen LogP contribution is -2.40. The lowest BCUT2D eigenvalue weighted by Gasteiger charge is -2.27. The van der Waals surface area contributed by atoms with Crippen molar-refractivity contribution >= 4 is 11.9 Å². The highest BCUT2D eigenvalue weighted by atomic mass is 16.2. The molecule has 1 aromatic carbocycles. The number of carbonyl (C=O) groups excluding carboxylic acids is 2. The average Bonchev–Trinajstić information content (AvgIpc) is 3.02. The van der Waals surface area contributed by atoms with Crippen LogP contribution in [0.5, 0.6) is 0 Å². The topological polar surface area (TPSA) is 92.2 Å². The summed E-state index contributed by atoms with van der Waals surface area (Å²) in [6, 6.07) is 9.66. The molecule has 8 nitrogen and oxygen atoms in total. The summed E-state index contributed by atoms with van der Waals surface area (Å²) in [7, 11) is 0. The van der Waals surface area contributed by atoms with Crippen molar-refractivity contribution in [3.05, 3.63) is 47.3 Å². The SMILES string of the molecule is CC(C)CCNC(=O)NCc1nnn2c1CN(Cc1ccccc1)C(=O)C2. The highest BCUT2D eigenvalue weighted by Gasteiger charge is 2.27. The molecule has 0 saturated carbocycles. The molecule has 0 atom stereocenters. The van der Waals surface area contributed by atoms with Crippen LogP contribution in [0.3, 0.4) is 0 Å². The molecule has 8 heteroatoms. The minimum absolute atomic E-state index is 0.0159. The Bertz CT molecular complexity index is 787. The Labute approximate surface area is 158 Å². The zero-order chi connectivity index (χ0) is 19.2. The highest BCUT2D eigenvalue weighted by molar-refractivity contribution is 5.77. The number of nitrogens with one attached hydrogen (secondary N) is 2. The molecule has 0 radical (unpaired) electrons.